The molecule has 1 aliphatic heterocycles. The maximum Gasteiger partial charge on any atom is 0.335 e. The average Bonchev–Trinajstić information content (AvgIpc) is 3.32. The summed E-state index contributed by atoms with van der Waals surface area (Å²) in [5.41, 5.74) is 10.5. The molecule has 0 saturated carbocycles. The Bertz CT molecular complexity index is 1200. The second kappa shape index (κ2) is 6.92. The lowest BCUT2D eigenvalue weighted by molar-refractivity contribution is 0.0696. The largest absolute Gasteiger partial charge is 0.478 e. The average molecular weight is 422 g/mol. The van der Waals surface area contributed by atoms with Gasteiger partial charge in [0.1, 0.15) is 17.6 Å². The number of nitrogens with two attached hydrogens (primary N) is 1. The van der Waals surface area contributed by atoms with E-state index in [2.05, 4.69) is 0 Å². The van der Waals surface area contributed by atoms with Crippen LogP contribution in [0.4, 0.5) is 11.4 Å². The topological polar surface area (TPSA) is 92.1 Å². The van der Waals surface area contributed by atoms with E-state index in [0.717, 1.165) is 46.9 Å². The van der Waals surface area contributed by atoms with Gasteiger partial charge in [0.05, 0.1) is 27.7 Å². The zero-order chi connectivity index (χ0) is 21.0. The lowest BCUT2D eigenvalue weighted by atomic mass is 9.78. The van der Waals surface area contributed by atoms with Gasteiger partial charge in [0.2, 0.25) is 0 Å². The van der Waals surface area contributed by atoms with Crippen molar-refractivity contribution in [3.8, 4) is 0 Å². The SMILES string of the molecule is Cc1ccc([C@@H]2[C@@H]3CCc4cc(C(=O)O)ccc4C3=NN2c2ccc(N)c(Cl)c2)o1. The van der Waals surface area contributed by atoms with E-state index in [1.165, 1.54) is 0 Å². The molecule has 0 fully saturated rings. The maximum absolute atomic E-state index is 11.4. The number of carboxylic acid groups (broad SMARTS) is 1. The van der Waals surface area contributed by atoms with Crippen molar-refractivity contribution >= 4 is 34.7 Å². The first-order chi connectivity index (χ1) is 14.4. The molecular formula is C23H20ClN3O3. The third kappa shape index (κ3) is 2.95. The molecule has 3 N–H and O–H groups in total. The number of carboxylic acids is 1. The monoisotopic (exact) mass is 421 g/mol. The first-order valence-corrected chi connectivity index (χ1v) is 10.2. The van der Waals surface area contributed by atoms with Gasteiger partial charge in [-0.05, 0) is 67.8 Å². The molecule has 152 valence electrons. The molecule has 2 aliphatic rings. The van der Waals surface area contributed by atoms with Crippen LogP contribution in [0.5, 0.6) is 0 Å². The van der Waals surface area contributed by atoms with Crippen LogP contribution in [-0.2, 0) is 6.42 Å². The number of fused-ring (bicyclic) bond motifs is 3. The van der Waals surface area contributed by atoms with Crippen molar-refractivity contribution in [3.63, 3.8) is 0 Å². The van der Waals surface area contributed by atoms with Crippen molar-refractivity contribution in [1.82, 2.24) is 0 Å². The quantitative estimate of drug-likeness (QED) is 0.577. The first kappa shape index (κ1) is 18.8. The van der Waals surface area contributed by atoms with E-state index in [-0.39, 0.29) is 12.0 Å². The molecule has 0 unspecified atom stereocenters. The van der Waals surface area contributed by atoms with Crippen LogP contribution in [0.25, 0.3) is 0 Å². The number of halogens is 1. The van der Waals surface area contributed by atoms with Crippen LogP contribution in [0.15, 0.2) is 58.0 Å². The number of hydrogen-bond acceptors (Lipinski definition) is 5. The standard InChI is InChI=1S/C23H20ClN3O3/c1-12-2-9-20(30-12)22-17-7-3-13-10-14(23(28)29)4-6-16(13)21(17)26-27(22)15-5-8-19(25)18(24)11-15/h2,4-6,8-11,17,22H,3,7,25H2,1H3,(H,28,29)/t17-,22+/m1/s1. The highest BCUT2D eigenvalue weighted by Crippen LogP contribution is 2.46. The number of anilines is 2. The van der Waals surface area contributed by atoms with Crippen LogP contribution in [0.1, 0.15) is 45.5 Å². The number of rotatable bonds is 3. The van der Waals surface area contributed by atoms with Gasteiger partial charge in [-0.3, -0.25) is 5.01 Å². The molecule has 1 aromatic heterocycles. The highest BCUT2D eigenvalue weighted by molar-refractivity contribution is 6.33. The molecule has 3 aromatic rings. The Morgan fingerprint density at radius 1 is 1.23 bits per heavy atom. The number of carbonyl (C=O) groups is 1. The third-order valence-corrected chi connectivity index (χ3v) is 6.19. The van der Waals surface area contributed by atoms with Crippen molar-refractivity contribution in [1.29, 1.82) is 0 Å². The van der Waals surface area contributed by atoms with Gasteiger partial charge in [-0.25, -0.2) is 4.79 Å². The van der Waals surface area contributed by atoms with Gasteiger partial charge < -0.3 is 15.3 Å². The minimum absolute atomic E-state index is 0.110. The number of furan rings is 1. The molecule has 1 aliphatic carbocycles. The van der Waals surface area contributed by atoms with Crippen LogP contribution < -0.4 is 10.7 Å². The molecule has 0 saturated heterocycles. The van der Waals surface area contributed by atoms with Gasteiger partial charge in [-0.15, -0.1) is 0 Å². The Morgan fingerprint density at radius 2 is 2.07 bits per heavy atom. The fraction of sp³-hybridized carbons (Fsp3) is 0.217. The van der Waals surface area contributed by atoms with Crippen molar-refractivity contribution in [3.05, 3.63) is 81.8 Å². The molecule has 0 radical (unpaired) electrons. The first-order valence-electron chi connectivity index (χ1n) is 9.78. The van der Waals surface area contributed by atoms with Crippen LogP contribution in [-0.4, -0.2) is 16.8 Å². The van der Waals surface area contributed by atoms with E-state index in [0.29, 0.717) is 16.3 Å². The number of hydrogen-bond donors (Lipinski definition) is 2. The van der Waals surface area contributed by atoms with E-state index in [9.17, 15) is 9.90 Å². The lowest BCUT2D eigenvalue weighted by Crippen LogP contribution is -2.28. The zero-order valence-corrected chi connectivity index (χ0v) is 17.1. The number of nitrogens with zero attached hydrogens (tertiary/aromatic N) is 2. The summed E-state index contributed by atoms with van der Waals surface area (Å²) in [5.74, 6) is 0.885. The molecule has 0 spiro atoms. The number of nitrogen functional groups attached to an aromatic ring is 1. The summed E-state index contributed by atoms with van der Waals surface area (Å²) in [6.45, 7) is 1.92. The van der Waals surface area contributed by atoms with Gasteiger partial charge in [-0.1, -0.05) is 17.7 Å². The molecule has 2 aromatic carbocycles. The number of hydrazone groups is 1. The van der Waals surface area contributed by atoms with E-state index in [4.69, 9.17) is 26.9 Å². The van der Waals surface area contributed by atoms with Crippen LogP contribution >= 0.6 is 11.6 Å². The van der Waals surface area contributed by atoms with E-state index < -0.39 is 5.97 Å². The normalized spacial score (nSPS) is 19.9. The highest BCUT2D eigenvalue weighted by atomic mass is 35.5. The Labute approximate surface area is 178 Å². The minimum Gasteiger partial charge on any atom is -0.478 e. The van der Waals surface area contributed by atoms with Gasteiger partial charge in [-0.2, -0.15) is 5.10 Å². The molecular weight excluding hydrogens is 402 g/mol. The number of aromatic carboxylic acids is 1. The number of benzene rings is 2. The highest BCUT2D eigenvalue weighted by Gasteiger charge is 2.43. The third-order valence-electron chi connectivity index (χ3n) is 5.87. The molecule has 0 bridgehead atoms. The molecule has 5 rings (SSSR count). The van der Waals surface area contributed by atoms with E-state index >= 15 is 0 Å². The number of aryl methyl sites for hydroxylation is 2. The zero-order valence-electron chi connectivity index (χ0n) is 16.3. The second-order valence-corrected chi connectivity index (χ2v) is 8.16. The summed E-state index contributed by atoms with van der Waals surface area (Å²) in [4.78, 5) is 11.4. The maximum atomic E-state index is 11.4. The van der Waals surface area contributed by atoms with Gasteiger partial charge in [0.15, 0.2) is 0 Å². The predicted molar refractivity (Wildman–Crippen MR) is 116 cm³/mol. The smallest absolute Gasteiger partial charge is 0.335 e. The molecule has 0 amide bonds. The Morgan fingerprint density at radius 3 is 2.77 bits per heavy atom. The summed E-state index contributed by atoms with van der Waals surface area (Å²) in [7, 11) is 0. The Balaban J connectivity index is 1.64. The summed E-state index contributed by atoms with van der Waals surface area (Å²) in [5, 5.41) is 16.7. The van der Waals surface area contributed by atoms with Gasteiger partial charge >= 0.3 is 5.97 Å². The second-order valence-electron chi connectivity index (χ2n) is 7.75. The fourth-order valence-electron chi connectivity index (χ4n) is 4.42. The Kier molecular flexibility index (Phi) is 4.33. The van der Waals surface area contributed by atoms with Crippen molar-refractivity contribution in [2.24, 2.45) is 11.0 Å². The summed E-state index contributed by atoms with van der Waals surface area (Å²) >= 11 is 6.29. The minimum atomic E-state index is -0.921. The van der Waals surface area contributed by atoms with E-state index in [1.807, 2.05) is 42.3 Å². The molecule has 2 heterocycles. The van der Waals surface area contributed by atoms with Crippen LogP contribution in [0.2, 0.25) is 5.02 Å². The lowest BCUT2D eigenvalue weighted by Gasteiger charge is -2.29. The summed E-state index contributed by atoms with van der Waals surface area (Å²) in [6, 6.07) is 14.6. The Hall–Kier alpha value is -3.25. The fourth-order valence-corrected chi connectivity index (χ4v) is 4.60. The van der Waals surface area contributed by atoms with Crippen molar-refractivity contribution in [2.75, 3.05) is 10.7 Å². The van der Waals surface area contributed by atoms with Crippen LogP contribution in [0, 0.1) is 12.8 Å². The molecule has 30 heavy (non-hydrogen) atoms. The van der Waals surface area contributed by atoms with Crippen LogP contribution in [0.3, 0.4) is 0 Å². The molecule has 6 nitrogen and oxygen atoms in total. The molecule has 2 atom stereocenters. The van der Waals surface area contributed by atoms with Crippen molar-refractivity contribution in [2.45, 2.75) is 25.8 Å². The van der Waals surface area contributed by atoms with Crippen molar-refractivity contribution < 1.29 is 14.3 Å². The summed E-state index contributed by atoms with van der Waals surface area (Å²) in [6.07, 6.45) is 1.63. The van der Waals surface area contributed by atoms with E-state index in [1.54, 1.807) is 18.2 Å². The van der Waals surface area contributed by atoms with Gasteiger partial charge in [0.25, 0.3) is 0 Å². The molecule has 7 heteroatoms. The summed E-state index contributed by atoms with van der Waals surface area (Å²) < 4.78 is 6.01. The van der Waals surface area contributed by atoms with Gasteiger partial charge in [0, 0.05) is 11.5 Å². The predicted octanol–water partition coefficient (Wildman–Crippen LogP) is 5.05.